The molecule has 0 heterocycles. The van der Waals surface area contributed by atoms with E-state index in [1.54, 1.807) is 13.0 Å². The van der Waals surface area contributed by atoms with Crippen LogP contribution in [0, 0.1) is 30.4 Å². The van der Waals surface area contributed by atoms with Gasteiger partial charge in [0.2, 0.25) is 5.91 Å². The molecule has 1 aromatic carbocycles. The predicted octanol–water partition coefficient (Wildman–Crippen LogP) is 5.34. The SMILES string of the molecule is CCC[C@@H](c1cc(C)c(F)c(F)c1)[C@@H](CC)NC(=O)[C@H](C)C(C)C. The van der Waals surface area contributed by atoms with Crippen LogP contribution in [0.1, 0.15) is 70.9 Å². The summed E-state index contributed by atoms with van der Waals surface area (Å²) in [5, 5.41) is 3.13. The quantitative estimate of drug-likeness (QED) is 0.680. The first-order valence-corrected chi connectivity index (χ1v) is 8.98. The molecule has 136 valence electrons. The van der Waals surface area contributed by atoms with Crippen molar-refractivity contribution in [2.24, 2.45) is 11.8 Å². The summed E-state index contributed by atoms with van der Waals surface area (Å²) in [5.74, 6) is -1.41. The van der Waals surface area contributed by atoms with Crippen molar-refractivity contribution < 1.29 is 13.6 Å². The van der Waals surface area contributed by atoms with E-state index in [1.165, 1.54) is 6.07 Å². The second kappa shape index (κ2) is 9.14. The molecular formula is C20H31F2NO. The van der Waals surface area contributed by atoms with Gasteiger partial charge in [0.15, 0.2) is 11.6 Å². The zero-order valence-corrected chi connectivity index (χ0v) is 15.7. The molecule has 3 atom stereocenters. The second-order valence-corrected chi connectivity index (χ2v) is 7.08. The van der Waals surface area contributed by atoms with Crippen molar-refractivity contribution in [2.75, 3.05) is 0 Å². The summed E-state index contributed by atoms with van der Waals surface area (Å²) in [7, 11) is 0. The number of hydrogen-bond donors (Lipinski definition) is 1. The van der Waals surface area contributed by atoms with Gasteiger partial charge in [0.1, 0.15) is 0 Å². The Morgan fingerprint density at radius 2 is 1.79 bits per heavy atom. The first-order valence-electron chi connectivity index (χ1n) is 8.98. The van der Waals surface area contributed by atoms with Gasteiger partial charge in [-0.1, -0.05) is 47.1 Å². The minimum atomic E-state index is -0.817. The van der Waals surface area contributed by atoms with Crippen LogP contribution in [-0.2, 0) is 4.79 Å². The Hall–Kier alpha value is -1.45. The minimum absolute atomic E-state index is 0.0166. The second-order valence-electron chi connectivity index (χ2n) is 7.08. The van der Waals surface area contributed by atoms with E-state index >= 15 is 0 Å². The van der Waals surface area contributed by atoms with Crippen molar-refractivity contribution in [3.63, 3.8) is 0 Å². The highest BCUT2D eigenvalue weighted by molar-refractivity contribution is 5.78. The van der Waals surface area contributed by atoms with Crippen molar-refractivity contribution >= 4 is 5.91 Å². The summed E-state index contributed by atoms with van der Waals surface area (Å²) in [6.45, 7) is 11.6. The van der Waals surface area contributed by atoms with Gasteiger partial charge in [-0.25, -0.2) is 8.78 Å². The van der Waals surface area contributed by atoms with Crippen LogP contribution in [0.25, 0.3) is 0 Å². The average molecular weight is 339 g/mol. The molecule has 0 spiro atoms. The fourth-order valence-electron chi connectivity index (χ4n) is 2.98. The van der Waals surface area contributed by atoms with Crippen LogP contribution in [0.5, 0.6) is 0 Å². The highest BCUT2D eigenvalue weighted by Gasteiger charge is 2.27. The molecule has 0 radical (unpaired) electrons. The Kier molecular flexibility index (Phi) is 7.85. The number of halogens is 2. The molecule has 0 fully saturated rings. The van der Waals surface area contributed by atoms with Gasteiger partial charge >= 0.3 is 0 Å². The average Bonchev–Trinajstić information content (AvgIpc) is 2.54. The normalized spacial score (nSPS) is 15.2. The van der Waals surface area contributed by atoms with Gasteiger partial charge in [0, 0.05) is 17.9 Å². The maximum atomic E-state index is 13.8. The molecule has 0 aliphatic rings. The number of benzene rings is 1. The molecule has 2 nitrogen and oxygen atoms in total. The maximum absolute atomic E-state index is 13.8. The number of rotatable bonds is 8. The zero-order valence-electron chi connectivity index (χ0n) is 15.7. The number of carbonyl (C=O) groups excluding carboxylic acids is 1. The van der Waals surface area contributed by atoms with Gasteiger partial charge in [-0.3, -0.25) is 4.79 Å². The number of hydrogen-bond acceptors (Lipinski definition) is 1. The molecule has 0 aromatic heterocycles. The van der Waals surface area contributed by atoms with E-state index in [2.05, 4.69) is 12.2 Å². The van der Waals surface area contributed by atoms with E-state index in [4.69, 9.17) is 0 Å². The number of nitrogens with one attached hydrogen (secondary N) is 1. The third-order valence-electron chi connectivity index (χ3n) is 4.93. The maximum Gasteiger partial charge on any atom is 0.223 e. The summed E-state index contributed by atoms with van der Waals surface area (Å²) in [6.07, 6.45) is 2.48. The lowest BCUT2D eigenvalue weighted by Gasteiger charge is -2.29. The largest absolute Gasteiger partial charge is 0.353 e. The predicted molar refractivity (Wildman–Crippen MR) is 95.0 cm³/mol. The van der Waals surface area contributed by atoms with Gasteiger partial charge in [0.25, 0.3) is 0 Å². The standard InChI is InChI=1S/C20H31F2NO/c1-7-9-16(15-10-13(5)19(22)17(21)11-15)18(8-2)23-20(24)14(6)12(3)4/h10-12,14,16,18H,7-9H2,1-6H3,(H,23,24)/t14-,16+,18-/m1/s1. The molecule has 4 heteroatoms. The number of amides is 1. The van der Waals surface area contributed by atoms with E-state index in [9.17, 15) is 13.6 Å². The van der Waals surface area contributed by atoms with Crippen molar-refractivity contribution in [2.45, 2.75) is 72.8 Å². The van der Waals surface area contributed by atoms with E-state index in [-0.39, 0.29) is 29.7 Å². The number of carbonyl (C=O) groups is 1. The molecule has 1 N–H and O–H groups in total. The lowest BCUT2D eigenvalue weighted by Crippen LogP contribution is -2.42. The molecule has 1 rings (SSSR count). The van der Waals surface area contributed by atoms with Crippen LogP contribution in [0.15, 0.2) is 12.1 Å². The fourth-order valence-corrected chi connectivity index (χ4v) is 2.98. The summed E-state index contributed by atoms with van der Waals surface area (Å²) >= 11 is 0. The van der Waals surface area contributed by atoms with Gasteiger partial charge in [-0.2, -0.15) is 0 Å². The van der Waals surface area contributed by atoms with Crippen molar-refractivity contribution in [1.29, 1.82) is 0 Å². The molecule has 1 amide bonds. The molecule has 0 aliphatic heterocycles. The molecule has 0 unspecified atom stereocenters. The Bertz CT molecular complexity index is 534. The van der Waals surface area contributed by atoms with Crippen molar-refractivity contribution in [3.05, 3.63) is 34.9 Å². The highest BCUT2D eigenvalue weighted by atomic mass is 19.2. The Labute approximate surface area is 145 Å². The van der Waals surface area contributed by atoms with Crippen LogP contribution >= 0.6 is 0 Å². The Morgan fingerprint density at radius 1 is 1.17 bits per heavy atom. The Balaban J connectivity index is 3.10. The van der Waals surface area contributed by atoms with Crippen LogP contribution in [-0.4, -0.2) is 11.9 Å². The first kappa shape index (κ1) is 20.6. The summed E-state index contributed by atoms with van der Waals surface area (Å²) < 4.78 is 27.4. The smallest absolute Gasteiger partial charge is 0.223 e. The van der Waals surface area contributed by atoms with Crippen LogP contribution < -0.4 is 5.32 Å². The van der Waals surface area contributed by atoms with E-state index in [0.29, 0.717) is 5.56 Å². The van der Waals surface area contributed by atoms with E-state index in [0.717, 1.165) is 24.8 Å². The molecule has 24 heavy (non-hydrogen) atoms. The van der Waals surface area contributed by atoms with Crippen molar-refractivity contribution in [3.8, 4) is 0 Å². The molecule has 0 aliphatic carbocycles. The third-order valence-corrected chi connectivity index (χ3v) is 4.93. The van der Waals surface area contributed by atoms with Gasteiger partial charge < -0.3 is 5.32 Å². The molecule has 0 saturated heterocycles. The summed E-state index contributed by atoms with van der Waals surface area (Å²) in [4.78, 5) is 12.4. The lowest BCUT2D eigenvalue weighted by atomic mass is 9.84. The molecule has 0 bridgehead atoms. The van der Waals surface area contributed by atoms with Crippen molar-refractivity contribution in [1.82, 2.24) is 5.32 Å². The molecule has 0 saturated carbocycles. The van der Waals surface area contributed by atoms with Crippen LogP contribution in [0.2, 0.25) is 0 Å². The first-order chi connectivity index (χ1) is 11.2. The number of aryl methyl sites for hydroxylation is 1. The van der Waals surface area contributed by atoms with Crippen LogP contribution in [0.4, 0.5) is 8.78 Å². The van der Waals surface area contributed by atoms with E-state index < -0.39 is 11.6 Å². The van der Waals surface area contributed by atoms with Gasteiger partial charge in [-0.05, 0) is 42.9 Å². The zero-order chi connectivity index (χ0) is 18.4. The topological polar surface area (TPSA) is 29.1 Å². The Morgan fingerprint density at radius 3 is 2.25 bits per heavy atom. The minimum Gasteiger partial charge on any atom is -0.353 e. The summed E-state index contributed by atoms with van der Waals surface area (Å²) in [5.41, 5.74) is 1.07. The van der Waals surface area contributed by atoms with E-state index in [1.807, 2.05) is 27.7 Å². The monoisotopic (exact) mass is 339 g/mol. The van der Waals surface area contributed by atoms with Crippen LogP contribution in [0.3, 0.4) is 0 Å². The van der Waals surface area contributed by atoms with Gasteiger partial charge in [-0.15, -0.1) is 0 Å². The highest BCUT2D eigenvalue weighted by Crippen LogP contribution is 2.30. The lowest BCUT2D eigenvalue weighted by molar-refractivity contribution is -0.126. The summed E-state index contributed by atoms with van der Waals surface area (Å²) in [6, 6.07) is 2.91. The molecule has 1 aromatic rings. The molecular weight excluding hydrogens is 308 g/mol. The van der Waals surface area contributed by atoms with Gasteiger partial charge in [0.05, 0.1) is 0 Å². The third kappa shape index (κ3) is 5.02. The fraction of sp³-hybridized carbons (Fsp3) is 0.650.